The number of allylic oxidation sites excluding steroid dienone is 30. The zero-order chi connectivity index (χ0) is 78.9. The predicted molar refractivity (Wildman–Crippen MR) is 445 cm³/mol. The molecule has 0 saturated carbocycles. The van der Waals surface area contributed by atoms with Crippen LogP contribution in [0.25, 0.3) is 0 Å². The van der Waals surface area contributed by atoms with Crippen LogP contribution in [0.4, 0.5) is 0 Å². The van der Waals surface area contributed by atoms with Crippen molar-refractivity contribution in [3.05, 3.63) is 182 Å². The summed E-state index contributed by atoms with van der Waals surface area (Å²) < 4.78 is 68.6. The predicted octanol–water partition coefficient (Wildman–Crippen LogP) is 24.3. The Hall–Kier alpha value is -5.84. The van der Waals surface area contributed by atoms with E-state index in [-0.39, 0.29) is 25.7 Å². The Morgan fingerprint density at radius 1 is 0.269 bits per heavy atom. The minimum atomic E-state index is -5.00. The van der Waals surface area contributed by atoms with Gasteiger partial charge in [0.2, 0.25) is 0 Å². The van der Waals surface area contributed by atoms with Crippen molar-refractivity contribution in [3.8, 4) is 0 Å². The second-order valence-electron chi connectivity index (χ2n) is 26.6. The van der Waals surface area contributed by atoms with Gasteiger partial charge in [0.25, 0.3) is 0 Å². The summed E-state index contributed by atoms with van der Waals surface area (Å²) in [6.45, 7) is 4.38. The molecule has 3 N–H and O–H groups in total. The minimum Gasteiger partial charge on any atom is -0.462 e. The molecule has 0 heterocycles. The molecule has 0 radical (unpaired) electrons. The molecule has 0 aromatic heterocycles. The Kier molecular flexibility index (Phi) is 75.0. The summed E-state index contributed by atoms with van der Waals surface area (Å²) >= 11 is 0. The van der Waals surface area contributed by atoms with E-state index in [1.165, 1.54) is 12.8 Å². The van der Waals surface area contributed by atoms with Gasteiger partial charge in [-0.3, -0.25) is 37.3 Å². The van der Waals surface area contributed by atoms with Crippen molar-refractivity contribution in [2.24, 2.45) is 0 Å². The maximum atomic E-state index is 13.1. The van der Waals surface area contributed by atoms with Crippen molar-refractivity contribution in [1.82, 2.24) is 0 Å². The van der Waals surface area contributed by atoms with Crippen molar-refractivity contribution in [2.45, 2.75) is 316 Å². The summed E-state index contributed by atoms with van der Waals surface area (Å²) in [4.78, 5) is 73.1. The van der Waals surface area contributed by atoms with Gasteiger partial charge in [0.15, 0.2) is 12.2 Å². The number of esters is 4. The number of phosphoric ester groups is 2. The van der Waals surface area contributed by atoms with Crippen LogP contribution >= 0.6 is 15.6 Å². The van der Waals surface area contributed by atoms with Crippen molar-refractivity contribution in [3.63, 3.8) is 0 Å². The van der Waals surface area contributed by atoms with Gasteiger partial charge in [0.05, 0.1) is 26.4 Å². The lowest BCUT2D eigenvalue weighted by atomic mass is 10.1. The van der Waals surface area contributed by atoms with Crippen molar-refractivity contribution in [2.75, 3.05) is 39.6 Å². The van der Waals surface area contributed by atoms with E-state index in [1.54, 1.807) is 0 Å². The number of aliphatic hydroxyl groups is 1. The molecule has 17 nitrogen and oxygen atoms in total. The molecule has 0 aromatic rings. The SMILES string of the molecule is CC/C=C\C/C=C\C/C=C\C/C=C\C/C=C\CCCCCC(=O)OCC(COP(=O)(O)OCC(O)COP(=O)(O)OCC(COC(=O)CCCCC/C=C\C/C=C\C/C=C\C/C=C\C/C=C\CC)OC(=O)CCCCCCCC/C=C\C/C=C\C/C=C\C/C=C\CC)OC(=O)CCCCCCC/C=C\CCCC. The molecule has 0 bridgehead atoms. The van der Waals surface area contributed by atoms with E-state index in [0.29, 0.717) is 25.7 Å². The van der Waals surface area contributed by atoms with Crippen LogP contribution in [0.1, 0.15) is 297 Å². The van der Waals surface area contributed by atoms with Crippen LogP contribution < -0.4 is 0 Å². The molecule has 0 aliphatic heterocycles. The summed E-state index contributed by atoms with van der Waals surface area (Å²) in [7, 11) is -10.0. The Labute approximate surface area is 654 Å². The number of ether oxygens (including phenoxy) is 4. The normalized spacial score (nSPS) is 14.8. The monoisotopic (exact) mass is 1550 g/mol. The molecule has 0 spiro atoms. The first-order valence-electron chi connectivity index (χ1n) is 41.0. The third-order valence-corrected chi connectivity index (χ3v) is 18.2. The van der Waals surface area contributed by atoms with Crippen molar-refractivity contribution in [1.29, 1.82) is 0 Å². The Morgan fingerprint density at radius 2 is 0.481 bits per heavy atom. The molecule has 5 atom stereocenters. The van der Waals surface area contributed by atoms with Crippen LogP contribution in [0.15, 0.2) is 182 Å². The average molecular weight is 1550 g/mol. The van der Waals surface area contributed by atoms with Gasteiger partial charge in [0, 0.05) is 25.7 Å². The number of rotatable bonds is 75. The van der Waals surface area contributed by atoms with E-state index in [0.717, 1.165) is 205 Å². The Bertz CT molecular complexity index is 2760. The van der Waals surface area contributed by atoms with E-state index in [1.807, 2.05) is 0 Å². The van der Waals surface area contributed by atoms with Crippen molar-refractivity contribution < 1.29 is 80.2 Å². The van der Waals surface area contributed by atoms with Gasteiger partial charge < -0.3 is 33.8 Å². The van der Waals surface area contributed by atoms with Gasteiger partial charge in [-0.05, 0) is 173 Å². The van der Waals surface area contributed by atoms with E-state index >= 15 is 0 Å². The maximum absolute atomic E-state index is 13.1. The minimum absolute atomic E-state index is 0.0633. The topological polar surface area (TPSA) is 237 Å². The Morgan fingerprint density at radius 3 is 0.759 bits per heavy atom. The highest BCUT2D eigenvalue weighted by Gasteiger charge is 2.30. The van der Waals surface area contributed by atoms with Gasteiger partial charge in [-0.15, -0.1) is 0 Å². The van der Waals surface area contributed by atoms with Gasteiger partial charge in [-0.25, -0.2) is 9.13 Å². The average Bonchev–Trinajstić information content (AvgIpc) is 0.899. The van der Waals surface area contributed by atoms with Gasteiger partial charge >= 0.3 is 39.5 Å². The lowest BCUT2D eigenvalue weighted by Gasteiger charge is -2.21. The second-order valence-corrected chi connectivity index (χ2v) is 29.5. The highest BCUT2D eigenvalue weighted by molar-refractivity contribution is 7.47. The molecular weight excluding hydrogens is 1400 g/mol. The van der Waals surface area contributed by atoms with Crippen LogP contribution in [-0.4, -0.2) is 96.7 Å². The number of hydrogen-bond acceptors (Lipinski definition) is 15. The van der Waals surface area contributed by atoms with Crippen LogP contribution in [0, 0.1) is 0 Å². The van der Waals surface area contributed by atoms with Gasteiger partial charge in [-0.1, -0.05) is 281 Å². The van der Waals surface area contributed by atoms with Crippen LogP contribution in [0.2, 0.25) is 0 Å². The molecule has 0 rings (SSSR count). The maximum Gasteiger partial charge on any atom is 0.472 e. The number of hydrogen-bond donors (Lipinski definition) is 3. The zero-order valence-electron chi connectivity index (χ0n) is 66.9. The molecule has 5 unspecified atom stereocenters. The molecular formula is C89H144O17P2. The highest BCUT2D eigenvalue weighted by atomic mass is 31.2. The molecule has 0 aliphatic carbocycles. The third kappa shape index (κ3) is 78.3. The molecule has 108 heavy (non-hydrogen) atoms. The zero-order valence-corrected chi connectivity index (χ0v) is 68.7. The second kappa shape index (κ2) is 79.3. The summed E-state index contributed by atoms with van der Waals surface area (Å²) in [6.07, 6.45) is 95.8. The molecule has 0 amide bonds. The van der Waals surface area contributed by atoms with E-state index in [2.05, 4.69) is 210 Å². The lowest BCUT2D eigenvalue weighted by molar-refractivity contribution is -0.161. The van der Waals surface area contributed by atoms with Gasteiger partial charge in [-0.2, -0.15) is 0 Å². The fraction of sp³-hybridized carbons (Fsp3) is 0.618. The molecule has 0 aliphatic rings. The number of phosphoric acid groups is 2. The van der Waals surface area contributed by atoms with E-state index in [4.69, 9.17) is 37.0 Å². The van der Waals surface area contributed by atoms with Crippen LogP contribution in [0.5, 0.6) is 0 Å². The summed E-state index contributed by atoms with van der Waals surface area (Å²) in [5, 5.41) is 10.7. The highest BCUT2D eigenvalue weighted by Crippen LogP contribution is 2.45. The van der Waals surface area contributed by atoms with Crippen molar-refractivity contribution >= 4 is 39.5 Å². The Balaban J connectivity index is 5.43. The lowest BCUT2D eigenvalue weighted by Crippen LogP contribution is -2.30. The third-order valence-electron chi connectivity index (χ3n) is 16.3. The summed E-state index contributed by atoms with van der Waals surface area (Å²) in [6, 6.07) is 0. The molecule has 19 heteroatoms. The molecule has 612 valence electrons. The largest absolute Gasteiger partial charge is 0.472 e. The molecule has 0 aromatic carbocycles. The van der Waals surface area contributed by atoms with Crippen LogP contribution in [0.3, 0.4) is 0 Å². The van der Waals surface area contributed by atoms with E-state index in [9.17, 15) is 43.2 Å². The van der Waals surface area contributed by atoms with E-state index < -0.39 is 97.5 Å². The number of carbonyl (C=O) groups excluding carboxylic acids is 4. The molecule has 0 saturated heterocycles. The first-order chi connectivity index (χ1) is 52.7. The molecule has 0 fully saturated rings. The quantitative estimate of drug-likeness (QED) is 0.0169. The number of carbonyl (C=O) groups is 4. The number of unbranched alkanes of at least 4 members (excludes halogenated alkanes) is 19. The van der Waals surface area contributed by atoms with Crippen LogP contribution in [-0.2, 0) is 65.4 Å². The fourth-order valence-corrected chi connectivity index (χ4v) is 11.8. The summed E-state index contributed by atoms with van der Waals surface area (Å²) in [5.74, 6) is -2.29. The first-order valence-corrected chi connectivity index (χ1v) is 44.0. The first kappa shape index (κ1) is 102. The standard InChI is InChI=1S/C89H144O17P2/c1-5-9-13-17-21-25-29-32-35-38-41-44-47-50-54-57-61-65-69-73-86(91)99-79-84(105-88(93)75-71-67-63-59-53-28-24-20-16-12-8-4)81-103-107(95,96)101-77-83(90)78-102-108(97,98)104-82-85(106-89(94)76-72-68-64-60-56-52-49-46-43-40-37-34-31-27-23-19-15-11-7-3)80-100-87(92)74-70-66-62-58-55-51-48-45-42-39-36-33-30-26-22-18-14-10-6-2/h9-11,13-15,20-27,32-37,41-46,50-51,54-55,83-85,90H,5-8,12,16-19,28-31,38-40,47-49,52-53,56-82H2,1-4H3,(H,95,96)(H,97,98)/b13-9-,14-10-,15-11-,24-20-,25-21-,26-22-,27-23-,35-32-,36-33-,37-34-,44-41-,45-42-,46-43-,54-50-,55-51-. The number of aliphatic hydroxyl groups excluding tert-OH is 1. The smallest absolute Gasteiger partial charge is 0.462 e. The summed E-state index contributed by atoms with van der Waals surface area (Å²) in [5.41, 5.74) is 0. The van der Waals surface area contributed by atoms with Gasteiger partial charge in [0.1, 0.15) is 19.3 Å². The fourth-order valence-electron chi connectivity index (χ4n) is 10.2.